The number of benzene rings is 1. The fourth-order valence-corrected chi connectivity index (χ4v) is 1.47. The monoisotopic (exact) mass is 276 g/mol. The van der Waals surface area contributed by atoms with Gasteiger partial charge in [-0.2, -0.15) is 0 Å². The number of halogens is 2. The van der Waals surface area contributed by atoms with Crippen LogP contribution in [0.15, 0.2) is 18.2 Å². The van der Waals surface area contributed by atoms with Crippen LogP contribution < -0.4 is 10.6 Å². The Morgan fingerprint density at radius 1 is 1.47 bits per heavy atom. The van der Waals surface area contributed by atoms with E-state index in [0.29, 0.717) is 17.1 Å². The molecule has 0 bridgehead atoms. The molecule has 0 aliphatic heterocycles. The van der Waals surface area contributed by atoms with Gasteiger partial charge in [-0.1, -0.05) is 17.7 Å². The number of likely N-dealkylation sites (N-methyl/N-ethyl adjacent to an activating group) is 1. The quantitative estimate of drug-likeness (QED) is 0.887. The molecule has 1 rings (SSSR count). The van der Waals surface area contributed by atoms with E-state index in [2.05, 4.69) is 10.6 Å². The van der Waals surface area contributed by atoms with Crippen molar-refractivity contribution in [1.29, 1.82) is 0 Å². The molecule has 5 heteroatoms. The van der Waals surface area contributed by atoms with Crippen LogP contribution in [0.1, 0.15) is 22.8 Å². The first-order valence-corrected chi connectivity index (χ1v) is 5.64. The maximum atomic E-state index is 11.8. The molecular weight excluding hydrogens is 259 g/mol. The molecule has 1 aromatic rings. The Morgan fingerprint density at radius 2 is 2.12 bits per heavy atom. The van der Waals surface area contributed by atoms with E-state index in [1.807, 2.05) is 20.9 Å². The fourth-order valence-electron chi connectivity index (χ4n) is 1.30. The molecule has 3 nitrogen and oxygen atoms in total. The van der Waals surface area contributed by atoms with Crippen LogP contribution >= 0.6 is 24.0 Å². The predicted molar refractivity (Wildman–Crippen MR) is 74.3 cm³/mol. The summed E-state index contributed by atoms with van der Waals surface area (Å²) in [5.74, 6) is -0.0814. The lowest BCUT2D eigenvalue weighted by atomic mass is 10.1. The van der Waals surface area contributed by atoms with Crippen molar-refractivity contribution < 1.29 is 4.79 Å². The molecule has 1 aromatic carbocycles. The van der Waals surface area contributed by atoms with Crippen LogP contribution in [-0.4, -0.2) is 25.5 Å². The summed E-state index contributed by atoms with van der Waals surface area (Å²) in [4.78, 5) is 11.8. The average Bonchev–Trinajstić information content (AvgIpc) is 2.29. The van der Waals surface area contributed by atoms with E-state index in [-0.39, 0.29) is 24.4 Å². The normalized spacial score (nSPS) is 11.5. The van der Waals surface area contributed by atoms with Gasteiger partial charge in [-0.05, 0) is 38.6 Å². The summed E-state index contributed by atoms with van der Waals surface area (Å²) in [5, 5.41) is 6.53. The smallest absolute Gasteiger partial charge is 0.251 e. The molecule has 0 heterocycles. The summed E-state index contributed by atoms with van der Waals surface area (Å²) in [7, 11) is 1.86. The van der Waals surface area contributed by atoms with Crippen LogP contribution in [0, 0.1) is 6.92 Å². The lowest BCUT2D eigenvalue weighted by Crippen LogP contribution is -2.37. The Kier molecular flexibility index (Phi) is 7.19. The lowest BCUT2D eigenvalue weighted by molar-refractivity contribution is 0.0950. The number of nitrogens with one attached hydrogen (secondary N) is 2. The van der Waals surface area contributed by atoms with Gasteiger partial charge in [-0.3, -0.25) is 4.79 Å². The third kappa shape index (κ3) is 4.54. The van der Waals surface area contributed by atoms with Crippen LogP contribution in [-0.2, 0) is 0 Å². The minimum atomic E-state index is -0.0814. The second-order valence-corrected chi connectivity index (χ2v) is 4.22. The van der Waals surface area contributed by atoms with Gasteiger partial charge in [0.15, 0.2) is 0 Å². The first-order valence-electron chi connectivity index (χ1n) is 5.26. The van der Waals surface area contributed by atoms with E-state index in [9.17, 15) is 4.79 Å². The number of rotatable bonds is 4. The Balaban J connectivity index is 0.00000256. The van der Waals surface area contributed by atoms with Crippen LogP contribution in [0.3, 0.4) is 0 Å². The summed E-state index contributed by atoms with van der Waals surface area (Å²) in [6, 6.07) is 5.60. The minimum absolute atomic E-state index is 0. The standard InChI is InChI=1S/C12H17ClN2O.ClH/c1-8(14-3)7-15-12(16)10-5-4-6-11(13)9(10)2;/h4-6,8,14H,7H2,1-3H3,(H,15,16);1H. The van der Waals surface area contributed by atoms with E-state index in [0.717, 1.165) is 5.56 Å². The molecule has 1 atom stereocenters. The molecule has 2 N–H and O–H groups in total. The minimum Gasteiger partial charge on any atom is -0.350 e. The van der Waals surface area contributed by atoms with Crippen molar-refractivity contribution in [2.75, 3.05) is 13.6 Å². The molecule has 96 valence electrons. The highest BCUT2D eigenvalue weighted by Crippen LogP contribution is 2.18. The van der Waals surface area contributed by atoms with Crippen molar-refractivity contribution in [1.82, 2.24) is 10.6 Å². The summed E-state index contributed by atoms with van der Waals surface area (Å²) >= 11 is 5.96. The van der Waals surface area contributed by atoms with E-state index >= 15 is 0 Å². The number of hydrogen-bond donors (Lipinski definition) is 2. The molecule has 0 saturated heterocycles. The highest BCUT2D eigenvalue weighted by molar-refractivity contribution is 6.31. The molecule has 1 amide bonds. The average molecular weight is 277 g/mol. The van der Waals surface area contributed by atoms with E-state index < -0.39 is 0 Å². The molecule has 0 aliphatic carbocycles. The second kappa shape index (κ2) is 7.54. The van der Waals surface area contributed by atoms with E-state index in [4.69, 9.17) is 11.6 Å². The van der Waals surface area contributed by atoms with Gasteiger partial charge < -0.3 is 10.6 Å². The Hall–Kier alpha value is -0.770. The van der Waals surface area contributed by atoms with Gasteiger partial charge in [0.2, 0.25) is 0 Å². The second-order valence-electron chi connectivity index (χ2n) is 3.81. The van der Waals surface area contributed by atoms with Crippen molar-refractivity contribution in [3.05, 3.63) is 34.3 Å². The van der Waals surface area contributed by atoms with Gasteiger partial charge in [0.05, 0.1) is 0 Å². The van der Waals surface area contributed by atoms with Crippen molar-refractivity contribution in [3.63, 3.8) is 0 Å². The topological polar surface area (TPSA) is 41.1 Å². The summed E-state index contributed by atoms with van der Waals surface area (Å²) in [6.45, 7) is 4.45. The van der Waals surface area contributed by atoms with Gasteiger partial charge in [-0.25, -0.2) is 0 Å². The molecule has 0 aromatic heterocycles. The van der Waals surface area contributed by atoms with Crippen molar-refractivity contribution in [2.45, 2.75) is 19.9 Å². The molecule has 0 aliphatic rings. The molecule has 0 fully saturated rings. The van der Waals surface area contributed by atoms with Crippen LogP contribution in [0.4, 0.5) is 0 Å². The SMILES string of the molecule is CNC(C)CNC(=O)c1cccc(Cl)c1C.Cl. The summed E-state index contributed by atoms with van der Waals surface area (Å²) in [6.07, 6.45) is 0. The zero-order chi connectivity index (χ0) is 12.1. The lowest BCUT2D eigenvalue weighted by Gasteiger charge is -2.12. The zero-order valence-electron chi connectivity index (χ0n) is 10.2. The molecular formula is C12H18Cl2N2O. The maximum Gasteiger partial charge on any atom is 0.251 e. The van der Waals surface area contributed by atoms with Crippen molar-refractivity contribution >= 4 is 29.9 Å². The molecule has 0 saturated carbocycles. The van der Waals surface area contributed by atoms with E-state index in [1.54, 1.807) is 18.2 Å². The first kappa shape index (κ1) is 16.2. The first-order chi connectivity index (χ1) is 7.56. The van der Waals surface area contributed by atoms with Gasteiger partial charge in [0, 0.05) is 23.2 Å². The Bertz CT molecular complexity index is 383. The van der Waals surface area contributed by atoms with Gasteiger partial charge in [0.25, 0.3) is 5.91 Å². The van der Waals surface area contributed by atoms with Crippen LogP contribution in [0.25, 0.3) is 0 Å². The Labute approximate surface area is 113 Å². The molecule has 0 radical (unpaired) electrons. The van der Waals surface area contributed by atoms with Crippen molar-refractivity contribution in [2.24, 2.45) is 0 Å². The summed E-state index contributed by atoms with van der Waals surface area (Å²) in [5.41, 5.74) is 1.45. The van der Waals surface area contributed by atoms with Crippen molar-refractivity contribution in [3.8, 4) is 0 Å². The van der Waals surface area contributed by atoms with Crippen LogP contribution in [0.2, 0.25) is 5.02 Å². The Morgan fingerprint density at radius 3 is 2.71 bits per heavy atom. The third-order valence-electron chi connectivity index (χ3n) is 2.57. The maximum absolute atomic E-state index is 11.8. The van der Waals surface area contributed by atoms with Gasteiger partial charge >= 0.3 is 0 Å². The van der Waals surface area contributed by atoms with Crippen LogP contribution in [0.5, 0.6) is 0 Å². The largest absolute Gasteiger partial charge is 0.350 e. The zero-order valence-corrected chi connectivity index (χ0v) is 11.8. The summed E-state index contributed by atoms with van der Waals surface area (Å²) < 4.78 is 0. The number of carbonyl (C=O) groups excluding carboxylic acids is 1. The molecule has 17 heavy (non-hydrogen) atoms. The predicted octanol–water partition coefficient (Wildman–Crippen LogP) is 2.41. The van der Waals surface area contributed by atoms with Gasteiger partial charge in [-0.15, -0.1) is 12.4 Å². The third-order valence-corrected chi connectivity index (χ3v) is 2.98. The number of carbonyl (C=O) groups is 1. The van der Waals surface area contributed by atoms with E-state index in [1.165, 1.54) is 0 Å². The molecule has 1 unspecified atom stereocenters. The van der Waals surface area contributed by atoms with Gasteiger partial charge in [0.1, 0.15) is 0 Å². The number of hydrogen-bond acceptors (Lipinski definition) is 2. The number of amides is 1. The highest BCUT2D eigenvalue weighted by atomic mass is 35.5. The highest BCUT2D eigenvalue weighted by Gasteiger charge is 2.10. The molecule has 0 spiro atoms. The fraction of sp³-hybridized carbons (Fsp3) is 0.417.